The monoisotopic (exact) mass is 260 g/mol. The van der Waals surface area contributed by atoms with Crippen LogP contribution in [0.15, 0.2) is 41.1 Å². The number of carbonyl (C=O) groups excluding carboxylic acids is 1. The van der Waals surface area contributed by atoms with Gasteiger partial charge in [0.1, 0.15) is 0 Å². The van der Waals surface area contributed by atoms with E-state index in [1.54, 1.807) is 17.4 Å². The lowest BCUT2D eigenvalue weighted by Gasteiger charge is -2.05. The standard InChI is InChI=1S/C14H16N2OS/c15-14(17)13-3-1-2-12(8-13)9-16-6-4-11-5-7-18-10-11/h1-3,5,7-8,10,16H,4,6,9H2,(H2,15,17). The van der Waals surface area contributed by atoms with Gasteiger partial charge < -0.3 is 11.1 Å². The third-order valence-electron chi connectivity index (χ3n) is 2.71. The summed E-state index contributed by atoms with van der Waals surface area (Å²) in [5, 5.41) is 7.61. The number of hydrogen-bond donors (Lipinski definition) is 2. The van der Waals surface area contributed by atoms with Crippen LogP contribution in [0.5, 0.6) is 0 Å². The van der Waals surface area contributed by atoms with E-state index in [2.05, 4.69) is 22.1 Å². The SMILES string of the molecule is NC(=O)c1cccc(CNCCc2ccsc2)c1. The Bertz CT molecular complexity index is 508. The van der Waals surface area contributed by atoms with Gasteiger partial charge in [-0.1, -0.05) is 12.1 Å². The number of hydrogen-bond acceptors (Lipinski definition) is 3. The first-order valence-corrected chi connectivity index (χ1v) is 6.80. The summed E-state index contributed by atoms with van der Waals surface area (Å²) < 4.78 is 0. The summed E-state index contributed by atoms with van der Waals surface area (Å²) in [5.74, 6) is -0.380. The van der Waals surface area contributed by atoms with Crippen LogP contribution in [0.4, 0.5) is 0 Å². The number of nitrogens with one attached hydrogen (secondary N) is 1. The zero-order chi connectivity index (χ0) is 12.8. The smallest absolute Gasteiger partial charge is 0.248 e. The third-order valence-corrected chi connectivity index (χ3v) is 3.44. The van der Waals surface area contributed by atoms with Crippen LogP contribution >= 0.6 is 11.3 Å². The molecule has 0 atom stereocenters. The predicted octanol–water partition coefficient (Wildman–Crippen LogP) is 2.18. The average molecular weight is 260 g/mol. The summed E-state index contributed by atoms with van der Waals surface area (Å²) in [6.45, 7) is 1.68. The Morgan fingerprint density at radius 1 is 1.28 bits per heavy atom. The minimum atomic E-state index is -0.380. The van der Waals surface area contributed by atoms with Gasteiger partial charge in [0.2, 0.25) is 5.91 Å². The van der Waals surface area contributed by atoms with E-state index >= 15 is 0 Å². The third kappa shape index (κ3) is 3.68. The molecule has 4 heteroatoms. The van der Waals surface area contributed by atoms with Crippen LogP contribution in [-0.2, 0) is 13.0 Å². The first-order valence-electron chi connectivity index (χ1n) is 5.86. The van der Waals surface area contributed by atoms with Crippen LogP contribution < -0.4 is 11.1 Å². The molecule has 1 amide bonds. The topological polar surface area (TPSA) is 55.1 Å². The number of rotatable bonds is 6. The van der Waals surface area contributed by atoms with E-state index in [4.69, 9.17) is 5.73 Å². The van der Waals surface area contributed by atoms with Gasteiger partial charge in [-0.25, -0.2) is 0 Å². The maximum atomic E-state index is 11.0. The van der Waals surface area contributed by atoms with E-state index < -0.39 is 0 Å². The molecule has 3 nitrogen and oxygen atoms in total. The summed E-state index contributed by atoms with van der Waals surface area (Å²) in [7, 11) is 0. The predicted molar refractivity (Wildman–Crippen MR) is 74.7 cm³/mol. The average Bonchev–Trinajstić information content (AvgIpc) is 2.88. The van der Waals surface area contributed by atoms with Crippen LogP contribution in [0.1, 0.15) is 21.5 Å². The van der Waals surface area contributed by atoms with Gasteiger partial charge in [-0.05, 0) is 53.1 Å². The van der Waals surface area contributed by atoms with Crippen molar-refractivity contribution in [2.24, 2.45) is 5.73 Å². The number of amides is 1. The van der Waals surface area contributed by atoms with Crippen LogP contribution in [0.25, 0.3) is 0 Å². The fraction of sp³-hybridized carbons (Fsp3) is 0.214. The highest BCUT2D eigenvalue weighted by atomic mass is 32.1. The van der Waals surface area contributed by atoms with Crippen molar-refractivity contribution in [3.05, 3.63) is 57.8 Å². The Morgan fingerprint density at radius 3 is 2.89 bits per heavy atom. The van der Waals surface area contributed by atoms with Gasteiger partial charge in [0, 0.05) is 12.1 Å². The highest BCUT2D eigenvalue weighted by molar-refractivity contribution is 7.07. The lowest BCUT2D eigenvalue weighted by Crippen LogP contribution is -2.17. The number of primary amides is 1. The van der Waals surface area contributed by atoms with Crippen LogP contribution in [0.2, 0.25) is 0 Å². The van der Waals surface area contributed by atoms with Crippen molar-refractivity contribution in [2.45, 2.75) is 13.0 Å². The molecule has 0 saturated heterocycles. The Labute approximate surface area is 111 Å². The molecule has 1 aromatic heterocycles. The zero-order valence-corrected chi connectivity index (χ0v) is 10.9. The van der Waals surface area contributed by atoms with Crippen molar-refractivity contribution in [3.8, 4) is 0 Å². The highest BCUT2D eigenvalue weighted by Crippen LogP contribution is 2.07. The second kappa shape index (κ2) is 6.33. The van der Waals surface area contributed by atoms with E-state index in [0.717, 1.165) is 25.1 Å². The summed E-state index contributed by atoms with van der Waals surface area (Å²) in [6.07, 6.45) is 1.03. The molecule has 2 rings (SSSR count). The molecule has 0 aliphatic rings. The molecule has 1 aromatic carbocycles. The summed E-state index contributed by atoms with van der Waals surface area (Å²) in [5.41, 5.74) is 8.25. The first-order chi connectivity index (χ1) is 8.75. The molecule has 3 N–H and O–H groups in total. The van der Waals surface area contributed by atoms with Crippen LogP contribution in [0.3, 0.4) is 0 Å². The molecule has 0 aliphatic heterocycles. The van der Waals surface area contributed by atoms with Crippen LogP contribution in [-0.4, -0.2) is 12.5 Å². The largest absolute Gasteiger partial charge is 0.366 e. The van der Waals surface area contributed by atoms with Gasteiger partial charge in [0.15, 0.2) is 0 Å². The van der Waals surface area contributed by atoms with E-state index in [0.29, 0.717) is 5.56 Å². The Morgan fingerprint density at radius 2 is 2.17 bits per heavy atom. The van der Waals surface area contributed by atoms with Gasteiger partial charge >= 0.3 is 0 Å². The molecule has 0 bridgehead atoms. The minimum Gasteiger partial charge on any atom is -0.366 e. The highest BCUT2D eigenvalue weighted by Gasteiger charge is 2.01. The molecular weight excluding hydrogens is 244 g/mol. The number of thiophene rings is 1. The summed E-state index contributed by atoms with van der Waals surface area (Å²) in [4.78, 5) is 11.0. The molecular formula is C14H16N2OS. The maximum Gasteiger partial charge on any atom is 0.248 e. The summed E-state index contributed by atoms with van der Waals surface area (Å²) >= 11 is 1.72. The second-order valence-electron chi connectivity index (χ2n) is 4.12. The fourth-order valence-corrected chi connectivity index (χ4v) is 2.44. The quantitative estimate of drug-likeness (QED) is 0.782. The molecule has 0 spiro atoms. The molecule has 0 radical (unpaired) electrons. The van der Waals surface area contributed by atoms with E-state index in [1.807, 2.05) is 18.2 Å². The zero-order valence-electron chi connectivity index (χ0n) is 10.1. The normalized spacial score (nSPS) is 10.4. The molecule has 1 heterocycles. The summed E-state index contributed by atoms with van der Waals surface area (Å²) in [6, 6.07) is 9.55. The van der Waals surface area contributed by atoms with Crippen molar-refractivity contribution in [2.75, 3.05) is 6.54 Å². The Balaban J connectivity index is 1.79. The minimum absolute atomic E-state index is 0.380. The first kappa shape index (κ1) is 12.8. The van der Waals surface area contributed by atoms with E-state index in [1.165, 1.54) is 5.56 Å². The number of nitrogens with two attached hydrogens (primary N) is 1. The maximum absolute atomic E-state index is 11.0. The molecule has 0 unspecified atom stereocenters. The van der Waals surface area contributed by atoms with Crippen molar-refractivity contribution >= 4 is 17.2 Å². The van der Waals surface area contributed by atoms with Gasteiger partial charge in [-0.2, -0.15) is 11.3 Å². The van der Waals surface area contributed by atoms with Gasteiger partial charge in [0.05, 0.1) is 0 Å². The second-order valence-corrected chi connectivity index (χ2v) is 4.90. The van der Waals surface area contributed by atoms with Crippen molar-refractivity contribution in [1.29, 1.82) is 0 Å². The van der Waals surface area contributed by atoms with E-state index in [-0.39, 0.29) is 5.91 Å². The lowest BCUT2D eigenvalue weighted by molar-refractivity contribution is 0.1000. The Kier molecular flexibility index (Phi) is 4.50. The van der Waals surface area contributed by atoms with Gasteiger partial charge in [-0.15, -0.1) is 0 Å². The molecule has 18 heavy (non-hydrogen) atoms. The molecule has 94 valence electrons. The number of carbonyl (C=O) groups is 1. The molecule has 0 saturated carbocycles. The van der Waals surface area contributed by atoms with Crippen molar-refractivity contribution < 1.29 is 4.79 Å². The number of benzene rings is 1. The molecule has 2 aromatic rings. The van der Waals surface area contributed by atoms with Crippen molar-refractivity contribution in [3.63, 3.8) is 0 Å². The molecule has 0 aliphatic carbocycles. The molecule has 0 fully saturated rings. The fourth-order valence-electron chi connectivity index (χ4n) is 1.73. The van der Waals surface area contributed by atoms with E-state index in [9.17, 15) is 4.79 Å². The van der Waals surface area contributed by atoms with Gasteiger partial charge in [0.25, 0.3) is 0 Å². The van der Waals surface area contributed by atoms with Gasteiger partial charge in [-0.3, -0.25) is 4.79 Å². The van der Waals surface area contributed by atoms with Crippen LogP contribution in [0, 0.1) is 0 Å². The Hall–Kier alpha value is -1.65. The van der Waals surface area contributed by atoms with Crippen molar-refractivity contribution in [1.82, 2.24) is 5.32 Å². The lowest BCUT2D eigenvalue weighted by atomic mass is 10.1.